The first-order valence-electron chi connectivity index (χ1n) is 7.91. The van der Waals surface area contributed by atoms with E-state index in [-0.39, 0.29) is 11.1 Å². The van der Waals surface area contributed by atoms with Gasteiger partial charge in [0.15, 0.2) is 0 Å². The lowest BCUT2D eigenvalue weighted by molar-refractivity contribution is -0.208. The zero-order chi connectivity index (χ0) is 14.8. The van der Waals surface area contributed by atoms with E-state index in [0.717, 1.165) is 39.4 Å². The highest BCUT2D eigenvalue weighted by molar-refractivity contribution is 4.99. The van der Waals surface area contributed by atoms with Crippen molar-refractivity contribution in [1.29, 1.82) is 0 Å². The van der Waals surface area contributed by atoms with Crippen LogP contribution >= 0.6 is 0 Å². The van der Waals surface area contributed by atoms with Gasteiger partial charge in [-0.05, 0) is 38.6 Å². The molecule has 2 fully saturated rings. The van der Waals surface area contributed by atoms with Gasteiger partial charge in [-0.15, -0.1) is 0 Å². The fraction of sp³-hybridized carbons (Fsp3) is 1.00. The molecule has 2 saturated heterocycles. The maximum absolute atomic E-state index is 5.96. The SMILES string of the molecule is CC(C)CNC1(C)COC1CC(C)COC1(C)COC1. The van der Waals surface area contributed by atoms with Crippen LogP contribution in [0.5, 0.6) is 0 Å². The van der Waals surface area contributed by atoms with Crippen LogP contribution in [0.2, 0.25) is 0 Å². The molecule has 2 aliphatic heterocycles. The molecule has 1 N–H and O–H groups in total. The van der Waals surface area contributed by atoms with Crippen LogP contribution in [0.4, 0.5) is 0 Å². The number of rotatable bonds is 8. The maximum Gasteiger partial charge on any atom is 0.112 e. The van der Waals surface area contributed by atoms with E-state index in [1.807, 2.05) is 0 Å². The molecule has 2 aliphatic rings. The Morgan fingerprint density at radius 3 is 2.35 bits per heavy atom. The van der Waals surface area contributed by atoms with E-state index < -0.39 is 0 Å². The summed E-state index contributed by atoms with van der Waals surface area (Å²) in [6.45, 7) is 15.2. The molecule has 0 aromatic heterocycles. The molecule has 2 heterocycles. The van der Waals surface area contributed by atoms with Gasteiger partial charge in [-0.2, -0.15) is 0 Å². The smallest absolute Gasteiger partial charge is 0.112 e. The minimum atomic E-state index is -0.0477. The molecule has 0 aliphatic carbocycles. The third kappa shape index (κ3) is 3.94. The molecule has 0 bridgehead atoms. The summed E-state index contributed by atoms with van der Waals surface area (Å²) in [6.07, 6.45) is 1.36. The fourth-order valence-corrected chi connectivity index (χ4v) is 2.63. The van der Waals surface area contributed by atoms with Gasteiger partial charge < -0.3 is 19.5 Å². The average Bonchev–Trinajstić information content (AvgIpc) is 2.36. The van der Waals surface area contributed by atoms with Crippen molar-refractivity contribution in [3.05, 3.63) is 0 Å². The molecule has 3 atom stereocenters. The maximum atomic E-state index is 5.96. The highest BCUT2D eigenvalue weighted by atomic mass is 16.6. The minimum absolute atomic E-state index is 0.0477. The molecule has 0 aromatic carbocycles. The summed E-state index contributed by atoms with van der Waals surface area (Å²) in [4.78, 5) is 0. The minimum Gasteiger partial charge on any atom is -0.375 e. The monoisotopic (exact) mass is 285 g/mol. The van der Waals surface area contributed by atoms with Gasteiger partial charge in [0.2, 0.25) is 0 Å². The standard InChI is InChI=1S/C16H31NO3/c1-12(2)7-17-16(5)11-19-14(16)6-13(3)8-20-15(4)9-18-10-15/h12-14,17H,6-11H2,1-5H3. The molecule has 118 valence electrons. The molecule has 0 spiro atoms. The van der Waals surface area contributed by atoms with Crippen LogP contribution in [-0.4, -0.2) is 50.2 Å². The van der Waals surface area contributed by atoms with E-state index in [1.54, 1.807) is 0 Å². The Morgan fingerprint density at radius 1 is 1.20 bits per heavy atom. The Hall–Kier alpha value is -0.160. The van der Waals surface area contributed by atoms with Crippen LogP contribution in [0.1, 0.15) is 41.0 Å². The van der Waals surface area contributed by atoms with Crippen molar-refractivity contribution in [2.75, 3.05) is 33.0 Å². The van der Waals surface area contributed by atoms with E-state index >= 15 is 0 Å². The Morgan fingerprint density at radius 2 is 1.90 bits per heavy atom. The van der Waals surface area contributed by atoms with Crippen LogP contribution < -0.4 is 5.32 Å². The number of ether oxygens (including phenoxy) is 3. The molecule has 0 amide bonds. The summed E-state index contributed by atoms with van der Waals surface area (Å²) in [5.41, 5.74) is 0.0932. The van der Waals surface area contributed by atoms with Crippen molar-refractivity contribution in [2.24, 2.45) is 11.8 Å². The van der Waals surface area contributed by atoms with Gasteiger partial charge in [-0.25, -0.2) is 0 Å². The predicted molar refractivity (Wildman–Crippen MR) is 79.9 cm³/mol. The third-order valence-corrected chi connectivity index (χ3v) is 4.36. The van der Waals surface area contributed by atoms with Gasteiger partial charge in [-0.3, -0.25) is 0 Å². The summed E-state index contributed by atoms with van der Waals surface area (Å²) < 4.78 is 17.0. The zero-order valence-corrected chi connectivity index (χ0v) is 13.7. The Labute approximate surface area is 123 Å². The highest BCUT2D eigenvalue weighted by Crippen LogP contribution is 2.31. The van der Waals surface area contributed by atoms with Crippen molar-refractivity contribution in [2.45, 2.75) is 58.3 Å². The van der Waals surface area contributed by atoms with Crippen molar-refractivity contribution >= 4 is 0 Å². The van der Waals surface area contributed by atoms with Gasteiger partial charge in [-0.1, -0.05) is 20.8 Å². The van der Waals surface area contributed by atoms with Crippen LogP contribution in [0.15, 0.2) is 0 Å². The average molecular weight is 285 g/mol. The molecular weight excluding hydrogens is 254 g/mol. The summed E-state index contributed by atoms with van der Waals surface area (Å²) in [5, 5.41) is 3.66. The van der Waals surface area contributed by atoms with Crippen molar-refractivity contribution in [3.8, 4) is 0 Å². The second-order valence-corrected chi connectivity index (χ2v) is 7.59. The van der Waals surface area contributed by atoms with Crippen LogP contribution in [0, 0.1) is 11.8 Å². The normalized spacial score (nSPS) is 33.6. The lowest BCUT2D eigenvalue weighted by Crippen LogP contribution is -2.66. The molecule has 0 radical (unpaired) electrons. The summed E-state index contributed by atoms with van der Waals surface area (Å²) >= 11 is 0. The molecule has 2 rings (SSSR count). The largest absolute Gasteiger partial charge is 0.375 e. The Bertz CT molecular complexity index is 317. The fourth-order valence-electron chi connectivity index (χ4n) is 2.63. The lowest BCUT2D eigenvalue weighted by atomic mass is 9.84. The van der Waals surface area contributed by atoms with Crippen molar-refractivity contribution in [1.82, 2.24) is 5.32 Å². The van der Waals surface area contributed by atoms with Crippen molar-refractivity contribution < 1.29 is 14.2 Å². The topological polar surface area (TPSA) is 39.7 Å². The molecule has 4 nitrogen and oxygen atoms in total. The summed E-state index contributed by atoms with van der Waals surface area (Å²) in [6, 6.07) is 0. The van der Waals surface area contributed by atoms with Gasteiger partial charge in [0, 0.05) is 0 Å². The number of nitrogens with one attached hydrogen (secondary N) is 1. The van der Waals surface area contributed by atoms with E-state index in [1.165, 1.54) is 0 Å². The predicted octanol–water partition coefficient (Wildman–Crippen LogP) is 2.22. The van der Waals surface area contributed by atoms with Gasteiger partial charge in [0.25, 0.3) is 0 Å². The first kappa shape index (κ1) is 16.2. The molecular formula is C16H31NO3. The summed E-state index contributed by atoms with van der Waals surface area (Å²) in [5.74, 6) is 1.19. The third-order valence-electron chi connectivity index (χ3n) is 4.36. The zero-order valence-electron chi connectivity index (χ0n) is 13.7. The summed E-state index contributed by atoms with van der Waals surface area (Å²) in [7, 11) is 0. The molecule has 0 saturated carbocycles. The second kappa shape index (κ2) is 6.30. The Balaban J connectivity index is 1.69. The number of hydrogen-bond acceptors (Lipinski definition) is 4. The number of hydrogen-bond donors (Lipinski definition) is 1. The quantitative estimate of drug-likeness (QED) is 0.742. The van der Waals surface area contributed by atoms with Gasteiger partial charge >= 0.3 is 0 Å². The van der Waals surface area contributed by atoms with E-state index in [9.17, 15) is 0 Å². The van der Waals surface area contributed by atoms with E-state index in [4.69, 9.17) is 14.2 Å². The molecule has 0 aromatic rings. The van der Waals surface area contributed by atoms with Crippen LogP contribution in [-0.2, 0) is 14.2 Å². The molecule has 4 heteroatoms. The second-order valence-electron chi connectivity index (χ2n) is 7.59. The Kier molecular flexibility index (Phi) is 5.11. The van der Waals surface area contributed by atoms with Gasteiger partial charge in [0.05, 0.1) is 38.1 Å². The lowest BCUT2D eigenvalue weighted by Gasteiger charge is -2.49. The van der Waals surface area contributed by atoms with E-state index in [0.29, 0.717) is 17.9 Å². The van der Waals surface area contributed by atoms with Crippen LogP contribution in [0.25, 0.3) is 0 Å². The van der Waals surface area contributed by atoms with E-state index in [2.05, 4.69) is 39.9 Å². The first-order valence-corrected chi connectivity index (χ1v) is 7.91. The highest BCUT2D eigenvalue weighted by Gasteiger charge is 2.44. The van der Waals surface area contributed by atoms with Gasteiger partial charge in [0.1, 0.15) is 5.60 Å². The molecule has 3 unspecified atom stereocenters. The van der Waals surface area contributed by atoms with Crippen molar-refractivity contribution in [3.63, 3.8) is 0 Å². The molecule has 20 heavy (non-hydrogen) atoms. The first-order chi connectivity index (χ1) is 9.33. The van der Waals surface area contributed by atoms with Crippen LogP contribution in [0.3, 0.4) is 0 Å².